The summed E-state index contributed by atoms with van der Waals surface area (Å²) in [5.41, 5.74) is 2.36. The van der Waals surface area contributed by atoms with E-state index in [9.17, 15) is 0 Å². The predicted molar refractivity (Wildman–Crippen MR) is 84.0 cm³/mol. The number of nitrogens with zero attached hydrogens (tertiary/aromatic N) is 2. The minimum atomic E-state index is 0.728. The molecule has 2 rings (SSSR count). The fraction of sp³-hybridized carbons (Fsp3) is 0.400. The standard InChI is InChI=1S/C15H20BrN3O/c1-3-6-17-8-12-9-18-19(10-12)11-13-7-14(20-2)4-5-15(13)16/h4-5,7,9-10,17H,3,6,8,11H2,1-2H3. The van der Waals surface area contributed by atoms with E-state index in [-0.39, 0.29) is 0 Å². The number of aromatic nitrogens is 2. The van der Waals surface area contributed by atoms with Crippen molar-refractivity contribution >= 4 is 15.9 Å². The van der Waals surface area contributed by atoms with E-state index in [1.165, 1.54) is 5.56 Å². The Bertz CT molecular complexity index is 554. The van der Waals surface area contributed by atoms with Gasteiger partial charge in [0.2, 0.25) is 0 Å². The Morgan fingerprint density at radius 3 is 3.00 bits per heavy atom. The lowest BCUT2D eigenvalue weighted by molar-refractivity contribution is 0.414. The highest BCUT2D eigenvalue weighted by molar-refractivity contribution is 9.10. The molecule has 0 amide bonds. The van der Waals surface area contributed by atoms with Gasteiger partial charge in [0.25, 0.3) is 0 Å². The van der Waals surface area contributed by atoms with Gasteiger partial charge in [0.1, 0.15) is 5.75 Å². The van der Waals surface area contributed by atoms with Crippen molar-refractivity contribution in [3.8, 4) is 5.75 Å². The number of rotatable bonds is 7. The first kappa shape index (κ1) is 15.1. The molecule has 1 aromatic carbocycles. The maximum atomic E-state index is 5.26. The van der Waals surface area contributed by atoms with Crippen LogP contribution in [0.15, 0.2) is 35.1 Å². The van der Waals surface area contributed by atoms with E-state index in [1.807, 2.05) is 29.1 Å². The lowest BCUT2D eigenvalue weighted by atomic mass is 10.2. The van der Waals surface area contributed by atoms with Crippen LogP contribution in [0.1, 0.15) is 24.5 Å². The van der Waals surface area contributed by atoms with Crippen molar-refractivity contribution in [2.24, 2.45) is 0 Å². The third-order valence-electron chi connectivity index (χ3n) is 3.03. The minimum absolute atomic E-state index is 0.728. The van der Waals surface area contributed by atoms with Crippen LogP contribution in [0.25, 0.3) is 0 Å². The Hall–Kier alpha value is -1.33. The fourth-order valence-corrected chi connectivity index (χ4v) is 2.34. The molecule has 0 aliphatic carbocycles. The minimum Gasteiger partial charge on any atom is -0.497 e. The van der Waals surface area contributed by atoms with Gasteiger partial charge in [-0.05, 0) is 36.7 Å². The smallest absolute Gasteiger partial charge is 0.119 e. The third kappa shape index (κ3) is 4.08. The van der Waals surface area contributed by atoms with Crippen LogP contribution in [-0.2, 0) is 13.1 Å². The molecule has 1 aromatic heterocycles. The van der Waals surface area contributed by atoms with E-state index >= 15 is 0 Å². The van der Waals surface area contributed by atoms with Gasteiger partial charge in [0, 0.05) is 22.8 Å². The molecule has 0 unspecified atom stereocenters. The van der Waals surface area contributed by atoms with Gasteiger partial charge in [-0.2, -0.15) is 5.10 Å². The van der Waals surface area contributed by atoms with E-state index in [0.29, 0.717) is 0 Å². The second-order valence-corrected chi connectivity index (χ2v) is 5.53. The van der Waals surface area contributed by atoms with Gasteiger partial charge < -0.3 is 10.1 Å². The van der Waals surface area contributed by atoms with Crippen molar-refractivity contribution in [2.45, 2.75) is 26.4 Å². The zero-order valence-corrected chi connectivity index (χ0v) is 13.5. The summed E-state index contributed by atoms with van der Waals surface area (Å²) in [6.07, 6.45) is 5.14. The normalized spacial score (nSPS) is 10.8. The van der Waals surface area contributed by atoms with Crippen LogP contribution >= 0.6 is 15.9 Å². The number of nitrogens with one attached hydrogen (secondary N) is 1. The summed E-state index contributed by atoms with van der Waals surface area (Å²) in [7, 11) is 1.68. The molecule has 108 valence electrons. The average Bonchev–Trinajstić information content (AvgIpc) is 2.89. The maximum Gasteiger partial charge on any atom is 0.119 e. The first-order valence-electron chi connectivity index (χ1n) is 6.77. The van der Waals surface area contributed by atoms with Crippen molar-refractivity contribution in [1.82, 2.24) is 15.1 Å². The fourth-order valence-electron chi connectivity index (χ4n) is 1.97. The molecule has 2 aromatic rings. The van der Waals surface area contributed by atoms with E-state index in [4.69, 9.17) is 4.74 Å². The van der Waals surface area contributed by atoms with Crippen LogP contribution in [-0.4, -0.2) is 23.4 Å². The Morgan fingerprint density at radius 1 is 1.40 bits per heavy atom. The summed E-state index contributed by atoms with van der Waals surface area (Å²) < 4.78 is 8.27. The van der Waals surface area contributed by atoms with Crippen molar-refractivity contribution in [3.05, 3.63) is 46.2 Å². The zero-order valence-electron chi connectivity index (χ0n) is 11.9. The molecule has 0 saturated carbocycles. The first-order chi connectivity index (χ1) is 9.72. The zero-order chi connectivity index (χ0) is 14.4. The molecule has 0 atom stereocenters. The summed E-state index contributed by atoms with van der Waals surface area (Å²) in [4.78, 5) is 0. The van der Waals surface area contributed by atoms with Crippen molar-refractivity contribution in [1.29, 1.82) is 0 Å². The van der Waals surface area contributed by atoms with Gasteiger partial charge in [0.05, 0.1) is 19.9 Å². The second kappa shape index (κ2) is 7.45. The predicted octanol–water partition coefficient (Wildman–Crippen LogP) is 3.20. The van der Waals surface area contributed by atoms with Gasteiger partial charge >= 0.3 is 0 Å². The van der Waals surface area contributed by atoms with Crippen molar-refractivity contribution in [2.75, 3.05) is 13.7 Å². The molecule has 0 radical (unpaired) electrons. The summed E-state index contributed by atoms with van der Waals surface area (Å²) in [6, 6.07) is 5.97. The van der Waals surface area contributed by atoms with Crippen LogP contribution in [0.3, 0.4) is 0 Å². The number of methoxy groups -OCH3 is 1. The lowest BCUT2D eigenvalue weighted by Crippen LogP contribution is -2.13. The molecule has 0 bridgehead atoms. The Balaban J connectivity index is 2.03. The largest absolute Gasteiger partial charge is 0.497 e. The van der Waals surface area contributed by atoms with Crippen molar-refractivity contribution in [3.63, 3.8) is 0 Å². The van der Waals surface area contributed by atoms with Crippen LogP contribution < -0.4 is 10.1 Å². The molecule has 1 N–H and O–H groups in total. The van der Waals surface area contributed by atoms with E-state index < -0.39 is 0 Å². The summed E-state index contributed by atoms with van der Waals surface area (Å²) in [5, 5.41) is 7.78. The van der Waals surface area contributed by atoms with Crippen molar-refractivity contribution < 1.29 is 4.74 Å². The number of halogens is 1. The number of hydrogen-bond donors (Lipinski definition) is 1. The molecule has 20 heavy (non-hydrogen) atoms. The van der Waals surface area contributed by atoms with Crippen LogP contribution in [0.4, 0.5) is 0 Å². The molecule has 0 aliphatic rings. The number of ether oxygens (including phenoxy) is 1. The molecule has 0 spiro atoms. The topological polar surface area (TPSA) is 39.1 Å². The van der Waals surface area contributed by atoms with Crippen LogP contribution in [0.2, 0.25) is 0 Å². The van der Waals surface area contributed by atoms with Crippen LogP contribution in [0, 0.1) is 0 Å². The highest BCUT2D eigenvalue weighted by Gasteiger charge is 2.05. The molecule has 0 fully saturated rings. The van der Waals surface area contributed by atoms with Gasteiger partial charge in [-0.25, -0.2) is 0 Å². The SMILES string of the molecule is CCCNCc1cnn(Cc2cc(OC)ccc2Br)c1. The molecule has 0 aliphatic heterocycles. The third-order valence-corrected chi connectivity index (χ3v) is 3.80. The molecule has 0 saturated heterocycles. The monoisotopic (exact) mass is 337 g/mol. The molecule has 4 nitrogen and oxygen atoms in total. The maximum absolute atomic E-state index is 5.26. The number of benzene rings is 1. The molecule has 1 heterocycles. The molecule has 5 heteroatoms. The van der Waals surface area contributed by atoms with Gasteiger partial charge in [-0.3, -0.25) is 4.68 Å². The molecular weight excluding hydrogens is 318 g/mol. The van der Waals surface area contributed by atoms with E-state index in [1.54, 1.807) is 7.11 Å². The van der Waals surface area contributed by atoms with Crippen LogP contribution in [0.5, 0.6) is 5.75 Å². The second-order valence-electron chi connectivity index (χ2n) is 4.68. The summed E-state index contributed by atoms with van der Waals surface area (Å²) >= 11 is 3.57. The first-order valence-corrected chi connectivity index (χ1v) is 7.56. The summed E-state index contributed by atoms with van der Waals surface area (Å²) in [6.45, 7) is 4.79. The molecular formula is C15H20BrN3O. The van der Waals surface area contributed by atoms with Gasteiger partial charge in [-0.1, -0.05) is 22.9 Å². The number of hydrogen-bond acceptors (Lipinski definition) is 3. The Morgan fingerprint density at radius 2 is 2.25 bits per heavy atom. The van der Waals surface area contributed by atoms with E-state index in [2.05, 4.69) is 39.5 Å². The Kier molecular flexibility index (Phi) is 5.61. The lowest BCUT2D eigenvalue weighted by Gasteiger charge is -2.07. The highest BCUT2D eigenvalue weighted by Crippen LogP contribution is 2.23. The van der Waals surface area contributed by atoms with E-state index in [0.717, 1.165) is 41.8 Å². The quantitative estimate of drug-likeness (QED) is 0.788. The van der Waals surface area contributed by atoms with Gasteiger partial charge in [-0.15, -0.1) is 0 Å². The highest BCUT2D eigenvalue weighted by atomic mass is 79.9. The summed E-state index contributed by atoms with van der Waals surface area (Å²) in [5.74, 6) is 0.861. The average molecular weight is 338 g/mol. The van der Waals surface area contributed by atoms with Gasteiger partial charge in [0.15, 0.2) is 0 Å². The Labute approximate surface area is 128 Å².